The van der Waals surface area contributed by atoms with Crippen molar-refractivity contribution in [1.82, 2.24) is 14.5 Å². The molecule has 1 saturated heterocycles. The Bertz CT molecular complexity index is 992. The molecule has 32 heavy (non-hydrogen) atoms. The van der Waals surface area contributed by atoms with Crippen LogP contribution in [0.25, 0.3) is 0 Å². The quantitative estimate of drug-likeness (QED) is 0.673. The predicted octanol–water partition coefficient (Wildman–Crippen LogP) is 5.11. The van der Waals surface area contributed by atoms with Crippen LogP contribution in [0.3, 0.4) is 0 Å². The number of nitrogens with two attached hydrogens (primary N) is 1. The number of halogens is 3. The number of anilines is 2. The largest absolute Gasteiger partial charge is 0.434 e. The summed E-state index contributed by atoms with van der Waals surface area (Å²) in [5, 5.41) is 0. The van der Waals surface area contributed by atoms with Gasteiger partial charge in [-0.3, -0.25) is 14.3 Å². The van der Waals surface area contributed by atoms with Gasteiger partial charge in [0.1, 0.15) is 10.7 Å². The van der Waals surface area contributed by atoms with Gasteiger partial charge in [-0.2, -0.15) is 18.2 Å². The van der Waals surface area contributed by atoms with Crippen LogP contribution in [0.4, 0.5) is 24.9 Å². The van der Waals surface area contributed by atoms with E-state index in [4.69, 9.17) is 5.73 Å². The van der Waals surface area contributed by atoms with E-state index in [-0.39, 0.29) is 15.6 Å². The third-order valence-electron chi connectivity index (χ3n) is 6.27. The van der Waals surface area contributed by atoms with Gasteiger partial charge in [-0.15, -0.1) is 0 Å². The summed E-state index contributed by atoms with van der Waals surface area (Å²) in [6.45, 7) is 5.60. The first-order valence-electron chi connectivity index (χ1n) is 11.0. The Morgan fingerprint density at radius 1 is 1.12 bits per heavy atom. The maximum absolute atomic E-state index is 13.3. The molecule has 0 atom stereocenters. The average Bonchev–Trinajstić information content (AvgIpc) is 3.23. The summed E-state index contributed by atoms with van der Waals surface area (Å²) < 4.78 is 41.1. The third kappa shape index (κ3) is 4.89. The topological polar surface area (TPSA) is 77.0 Å². The van der Waals surface area contributed by atoms with Crippen molar-refractivity contribution >= 4 is 23.5 Å². The van der Waals surface area contributed by atoms with Crippen LogP contribution in [0.15, 0.2) is 32.9 Å². The van der Waals surface area contributed by atoms with Gasteiger partial charge < -0.3 is 10.6 Å². The number of alkyl halides is 3. The number of rotatable bonds is 3. The van der Waals surface area contributed by atoms with Crippen LogP contribution in [0.2, 0.25) is 0 Å². The maximum Gasteiger partial charge on any atom is 0.434 e. The number of hydrogen-bond acceptors (Lipinski definition) is 6. The van der Waals surface area contributed by atoms with Gasteiger partial charge in [-0.1, -0.05) is 38.5 Å². The van der Waals surface area contributed by atoms with E-state index in [0.717, 1.165) is 32.1 Å². The van der Waals surface area contributed by atoms with E-state index in [1.807, 2.05) is 13.8 Å². The van der Waals surface area contributed by atoms with E-state index < -0.39 is 17.4 Å². The first-order valence-corrected chi connectivity index (χ1v) is 11.8. The zero-order chi connectivity index (χ0) is 23.5. The van der Waals surface area contributed by atoms with E-state index >= 15 is 0 Å². The minimum atomic E-state index is -4.62. The summed E-state index contributed by atoms with van der Waals surface area (Å²) in [4.78, 5) is 22.7. The Hall–Kier alpha value is -2.23. The monoisotopic (exact) mass is 469 g/mol. The van der Waals surface area contributed by atoms with E-state index in [9.17, 15) is 18.0 Å². The molecule has 2 aliphatic rings. The number of nitrogens with zero attached hydrogens (tertiary/aromatic N) is 4. The van der Waals surface area contributed by atoms with Crippen molar-refractivity contribution in [3.8, 4) is 0 Å². The van der Waals surface area contributed by atoms with Crippen LogP contribution >= 0.6 is 11.8 Å². The fraction of sp³-hybridized carbons (Fsp3) is 0.591. The lowest BCUT2D eigenvalue weighted by atomic mass is 9.77. The zero-order valence-corrected chi connectivity index (χ0v) is 19.5. The van der Waals surface area contributed by atoms with Gasteiger partial charge in [0.05, 0.1) is 0 Å². The van der Waals surface area contributed by atoms with Gasteiger partial charge in [0, 0.05) is 31.2 Å². The van der Waals surface area contributed by atoms with Crippen molar-refractivity contribution in [2.45, 2.75) is 68.3 Å². The minimum absolute atomic E-state index is 0.0241. The number of piperidine rings is 1. The zero-order valence-electron chi connectivity index (χ0n) is 18.7. The van der Waals surface area contributed by atoms with E-state index in [1.165, 1.54) is 42.4 Å². The normalized spacial score (nSPS) is 17.9. The second-order valence-electron chi connectivity index (χ2n) is 8.13. The lowest BCUT2D eigenvalue weighted by Gasteiger charge is -2.40. The van der Waals surface area contributed by atoms with Crippen molar-refractivity contribution in [3.05, 3.63) is 34.4 Å². The summed E-state index contributed by atoms with van der Waals surface area (Å²) in [7, 11) is 1.59. The highest BCUT2D eigenvalue weighted by molar-refractivity contribution is 7.99. The summed E-state index contributed by atoms with van der Waals surface area (Å²) in [6, 6.07) is 2.67. The molecule has 4 rings (SSSR count). The van der Waals surface area contributed by atoms with Crippen LogP contribution in [0.1, 0.15) is 58.1 Å². The van der Waals surface area contributed by atoms with Crippen LogP contribution in [0.5, 0.6) is 0 Å². The predicted molar refractivity (Wildman–Crippen MR) is 121 cm³/mol. The molecule has 3 heterocycles. The summed E-state index contributed by atoms with van der Waals surface area (Å²) >= 11 is 0.657. The molecule has 0 bridgehead atoms. The first kappa shape index (κ1) is 24.4. The Labute approximate surface area is 190 Å². The second kappa shape index (κ2) is 9.72. The molecule has 1 aliphatic carbocycles. The third-order valence-corrected chi connectivity index (χ3v) is 7.41. The van der Waals surface area contributed by atoms with Crippen molar-refractivity contribution in [1.29, 1.82) is 0 Å². The molecule has 0 aromatic carbocycles. The molecule has 2 aromatic rings. The Kier molecular flexibility index (Phi) is 7.42. The SMILES string of the molecule is CC.Cn1c(N2CCC3(CCCC3)CC2)nc(N)c(Sc2cccnc2C(F)(F)F)c1=O. The van der Waals surface area contributed by atoms with E-state index in [2.05, 4.69) is 14.9 Å². The molecule has 1 saturated carbocycles. The van der Waals surface area contributed by atoms with Crippen molar-refractivity contribution < 1.29 is 13.2 Å². The van der Waals surface area contributed by atoms with Gasteiger partial charge in [0.15, 0.2) is 5.69 Å². The van der Waals surface area contributed by atoms with E-state index in [1.54, 1.807) is 7.05 Å². The molecule has 2 fully saturated rings. The van der Waals surface area contributed by atoms with Gasteiger partial charge in [-0.05, 0) is 43.2 Å². The van der Waals surface area contributed by atoms with Gasteiger partial charge in [-0.25, -0.2) is 0 Å². The minimum Gasteiger partial charge on any atom is -0.382 e. The fourth-order valence-corrected chi connectivity index (χ4v) is 5.57. The highest BCUT2D eigenvalue weighted by Gasteiger charge is 2.38. The Morgan fingerprint density at radius 3 is 2.34 bits per heavy atom. The molecule has 1 aliphatic heterocycles. The maximum atomic E-state index is 13.3. The Balaban J connectivity index is 0.00000141. The van der Waals surface area contributed by atoms with Gasteiger partial charge in [0.25, 0.3) is 5.56 Å². The highest BCUT2D eigenvalue weighted by atomic mass is 32.2. The lowest BCUT2D eigenvalue weighted by molar-refractivity contribution is -0.143. The summed E-state index contributed by atoms with van der Waals surface area (Å²) in [5.41, 5.74) is 4.97. The molecule has 0 radical (unpaired) electrons. The molecular weight excluding hydrogens is 439 g/mol. The Morgan fingerprint density at radius 2 is 1.75 bits per heavy atom. The van der Waals surface area contributed by atoms with Crippen molar-refractivity contribution in [2.75, 3.05) is 23.7 Å². The molecule has 176 valence electrons. The smallest absolute Gasteiger partial charge is 0.382 e. The molecule has 1 spiro atoms. The first-order chi connectivity index (χ1) is 15.2. The molecule has 10 heteroatoms. The number of pyridine rings is 1. The summed E-state index contributed by atoms with van der Waals surface area (Å²) in [5.74, 6) is 0.410. The molecule has 2 N–H and O–H groups in total. The number of nitrogen functional groups attached to an aromatic ring is 1. The molecule has 6 nitrogen and oxygen atoms in total. The lowest BCUT2D eigenvalue weighted by Crippen LogP contribution is -2.42. The van der Waals surface area contributed by atoms with Gasteiger partial charge in [0.2, 0.25) is 5.95 Å². The fourth-order valence-electron chi connectivity index (χ4n) is 4.57. The molecule has 0 unspecified atom stereocenters. The van der Waals surface area contributed by atoms with Crippen molar-refractivity contribution in [3.63, 3.8) is 0 Å². The molecule has 2 aromatic heterocycles. The van der Waals surface area contributed by atoms with Crippen LogP contribution in [0, 0.1) is 5.41 Å². The summed E-state index contributed by atoms with van der Waals surface area (Å²) in [6.07, 6.45) is 3.65. The van der Waals surface area contributed by atoms with Crippen LogP contribution in [-0.2, 0) is 13.2 Å². The van der Waals surface area contributed by atoms with Crippen molar-refractivity contribution in [2.24, 2.45) is 12.5 Å². The standard InChI is InChI=1S/C20H24F3N5OS.C2H6/c1-27-17(29)14(30-13-5-4-10-25-15(13)20(21,22)23)16(24)26-18(27)28-11-8-19(9-12-28)6-2-3-7-19;1-2/h4-5,10H,2-3,6-9,11-12,24H2,1H3;1-2H3. The van der Waals surface area contributed by atoms with E-state index in [0.29, 0.717) is 23.1 Å². The highest BCUT2D eigenvalue weighted by Crippen LogP contribution is 2.46. The molecule has 0 amide bonds. The average molecular weight is 470 g/mol. The van der Waals surface area contributed by atoms with Crippen LogP contribution < -0.4 is 16.2 Å². The number of hydrogen-bond donors (Lipinski definition) is 1. The number of aromatic nitrogens is 3. The van der Waals surface area contributed by atoms with Crippen LogP contribution in [-0.4, -0.2) is 27.6 Å². The van der Waals surface area contributed by atoms with Gasteiger partial charge >= 0.3 is 6.18 Å². The second-order valence-corrected chi connectivity index (χ2v) is 9.19. The molecular formula is C22H30F3N5OS.